The highest BCUT2D eigenvalue weighted by molar-refractivity contribution is 5.85. The van der Waals surface area contributed by atoms with Gasteiger partial charge >= 0.3 is 0 Å². The molecule has 1 aliphatic rings. The number of aromatic nitrogens is 1. The van der Waals surface area contributed by atoms with Gasteiger partial charge in [0.1, 0.15) is 5.52 Å². The molecule has 0 amide bonds. The van der Waals surface area contributed by atoms with Crippen molar-refractivity contribution in [2.24, 2.45) is 5.92 Å². The first kappa shape index (κ1) is 12.5. The van der Waals surface area contributed by atoms with Gasteiger partial charge in [-0.15, -0.1) is 0 Å². The molecule has 19 heavy (non-hydrogen) atoms. The molecule has 0 atom stereocenters. The van der Waals surface area contributed by atoms with E-state index in [4.69, 9.17) is 10.2 Å². The van der Waals surface area contributed by atoms with Gasteiger partial charge in [0.05, 0.1) is 5.69 Å². The minimum absolute atomic E-state index is 0.500. The maximum Gasteiger partial charge on any atom is 0.198 e. The Balaban J connectivity index is 1.99. The SMILES string of the molecule is CC(C)Cc1cc(N)c2oc(C3CCCC3)nc2c1. The molecule has 1 saturated carbocycles. The monoisotopic (exact) mass is 258 g/mol. The number of nitrogens with zero attached hydrogens (tertiary/aromatic N) is 1. The van der Waals surface area contributed by atoms with Crippen LogP contribution >= 0.6 is 0 Å². The molecule has 1 heterocycles. The van der Waals surface area contributed by atoms with Gasteiger partial charge in [-0.2, -0.15) is 0 Å². The highest BCUT2D eigenvalue weighted by atomic mass is 16.3. The van der Waals surface area contributed by atoms with E-state index < -0.39 is 0 Å². The molecule has 0 radical (unpaired) electrons. The predicted molar refractivity (Wildman–Crippen MR) is 78.2 cm³/mol. The second-order valence-corrected chi connectivity index (χ2v) is 6.16. The van der Waals surface area contributed by atoms with Gasteiger partial charge in [0, 0.05) is 5.92 Å². The Hall–Kier alpha value is -1.51. The fraction of sp³-hybridized carbons (Fsp3) is 0.562. The fourth-order valence-electron chi connectivity index (χ4n) is 3.07. The molecule has 3 heteroatoms. The van der Waals surface area contributed by atoms with Crippen molar-refractivity contribution in [1.29, 1.82) is 0 Å². The molecule has 0 spiro atoms. The van der Waals surface area contributed by atoms with Crippen molar-refractivity contribution in [2.75, 3.05) is 5.73 Å². The molecule has 102 valence electrons. The van der Waals surface area contributed by atoms with Crippen LogP contribution in [-0.4, -0.2) is 4.98 Å². The molecule has 0 bridgehead atoms. The summed E-state index contributed by atoms with van der Waals surface area (Å²) in [6, 6.07) is 4.17. The van der Waals surface area contributed by atoms with Crippen LogP contribution in [0.25, 0.3) is 11.1 Å². The Morgan fingerprint density at radius 2 is 2.05 bits per heavy atom. The van der Waals surface area contributed by atoms with Crippen molar-refractivity contribution in [3.63, 3.8) is 0 Å². The van der Waals surface area contributed by atoms with Crippen LogP contribution in [0.3, 0.4) is 0 Å². The molecular formula is C16H22N2O. The van der Waals surface area contributed by atoms with Gasteiger partial charge < -0.3 is 10.2 Å². The van der Waals surface area contributed by atoms with E-state index in [-0.39, 0.29) is 0 Å². The van der Waals surface area contributed by atoms with Crippen LogP contribution in [-0.2, 0) is 6.42 Å². The number of oxazole rings is 1. The quantitative estimate of drug-likeness (QED) is 0.836. The molecule has 3 rings (SSSR count). The van der Waals surface area contributed by atoms with Crippen molar-refractivity contribution in [2.45, 2.75) is 51.9 Å². The van der Waals surface area contributed by atoms with Crippen LogP contribution in [0.2, 0.25) is 0 Å². The number of nitrogen functional groups attached to an aromatic ring is 1. The topological polar surface area (TPSA) is 52.0 Å². The third-order valence-electron chi connectivity index (χ3n) is 3.94. The van der Waals surface area contributed by atoms with Crippen molar-refractivity contribution in [3.8, 4) is 0 Å². The predicted octanol–water partition coefficient (Wildman–Crippen LogP) is 4.27. The lowest BCUT2D eigenvalue weighted by atomic mass is 10.0. The minimum Gasteiger partial charge on any atom is -0.438 e. The van der Waals surface area contributed by atoms with E-state index in [0.717, 1.165) is 29.1 Å². The molecule has 1 aromatic carbocycles. The molecule has 3 nitrogen and oxygen atoms in total. The van der Waals surface area contributed by atoms with Crippen molar-refractivity contribution in [1.82, 2.24) is 4.98 Å². The van der Waals surface area contributed by atoms with Crippen LogP contribution in [0.5, 0.6) is 0 Å². The highest BCUT2D eigenvalue weighted by Gasteiger charge is 2.23. The van der Waals surface area contributed by atoms with E-state index in [0.29, 0.717) is 11.8 Å². The molecule has 1 fully saturated rings. The summed E-state index contributed by atoms with van der Waals surface area (Å²) < 4.78 is 5.91. The molecule has 0 saturated heterocycles. The second kappa shape index (κ2) is 4.87. The normalized spacial score (nSPS) is 16.8. The zero-order valence-electron chi connectivity index (χ0n) is 11.8. The summed E-state index contributed by atoms with van der Waals surface area (Å²) in [4.78, 5) is 4.68. The molecule has 1 aromatic heterocycles. The molecule has 0 unspecified atom stereocenters. The summed E-state index contributed by atoms with van der Waals surface area (Å²) >= 11 is 0. The first-order valence-corrected chi connectivity index (χ1v) is 7.32. The molecule has 0 aliphatic heterocycles. The summed E-state index contributed by atoms with van der Waals surface area (Å²) in [7, 11) is 0. The summed E-state index contributed by atoms with van der Waals surface area (Å²) in [5.74, 6) is 2.01. The lowest BCUT2D eigenvalue weighted by molar-refractivity contribution is 0.475. The molecular weight excluding hydrogens is 236 g/mol. The Kier molecular flexibility index (Phi) is 3.21. The molecule has 2 N–H and O–H groups in total. The first-order chi connectivity index (χ1) is 9.13. The second-order valence-electron chi connectivity index (χ2n) is 6.16. The standard InChI is InChI=1S/C16H22N2O/c1-10(2)7-11-8-13(17)15-14(9-11)18-16(19-15)12-5-3-4-6-12/h8-10,12H,3-7,17H2,1-2H3. The maximum absolute atomic E-state index is 6.11. The summed E-state index contributed by atoms with van der Waals surface area (Å²) in [5.41, 5.74) is 9.79. The number of benzene rings is 1. The largest absolute Gasteiger partial charge is 0.438 e. The van der Waals surface area contributed by atoms with Crippen molar-refractivity contribution < 1.29 is 4.42 Å². The van der Waals surface area contributed by atoms with Crippen molar-refractivity contribution >= 4 is 16.8 Å². The van der Waals surface area contributed by atoms with Crippen LogP contribution in [0.15, 0.2) is 16.5 Å². The average Bonchev–Trinajstić information content (AvgIpc) is 2.95. The summed E-state index contributed by atoms with van der Waals surface area (Å²) in [6.45, 7) is 4.43. The lowest BCUT2D eigenvalue weighted by Gasteiger charge is -2.05. The van der Waals surface area contributed by atoms with Gasteiger partial charge in [0.25, 0.3) is 0 Å². The minimum atomic E-state index is 0.500. The Labute approximate surface area is 114 Å². The fourth-order valence-corrected chi connectivity index (χ4v) is 3.07. The molecule has 2 aromatic rings. The number of rotatable bonds is 3. The number of anilines is 1. The first-order valence-electron chi connectivity index (χ1n) is 7.32. The average molecular weight is 258 g/mol. The zero-order valence-corrected chi connectivity index (χ0v) is 11.8. The highest BCUT2D eigenvalue weighted by Crippen LogP contribution is 2.36. The maximum atomic E-state index is 6.11. The number of hydrogen-bond donors (Lipinski definition) is 1. The van der Waals surface area contributed by atoms with Crippen LogP contribution in [0.4, 0.5) is 5.69 Å². The smallest absolute Gasteiger partial charge is 0.198 e. The van der Waals surface area contributed by atoms with E-state index in [1.54, 1.807) is 0 Å². The van der Waals surface area contributed by atoms with E-state index >= 15 is 0 Å². The number of nitrogens with two attached hydrogens (primary N) is 1. The van der Waals surface area contributed by atoms with E-state index in [1.165, 1.54) is 31.2 Å². The van der Waals surface area contributed by atoms with Crippen LogP contribution in [0, 0.1) is 5.92 Å². The summed E-state index contributed by atoms with van der Waals surface area (Å²) in [5, 5.41) is 0. The van der Waals surface area contributed by atoms with E-state index in [2.05, 4.69) is 24.9 Å². The third kappa shape index (κ3) is 2.46. The van der Waals surface area contributed by atoms with Gasteiger partial charge in [0.15, 0.2) is 11.5 Å². The van der Waals surface area contributed by atoms with E-state index in [1.807, 2.05) is 6.07 Å². The summed E-state index contributed by atoms with van der Waals surface area (Å²) in [6.07, 6.45) is 6.01. The Bertz CT molecular complexity index is 580. The number of hydrogen-bond acceptors (Lipinski definition) is 3. The van der Waals surface area contributed by atoms with Crippen LogP contribution < -0.4 is 5.73 Å². The molecule has 1 aliphatic carbocycles. The van der Waals surface area contributed by atoms with Gasteiger partial charge in [-0.25, -0.2) is 4.98 Å². The lowest BCUT2D eigenvalue weighted by Crippen LogP contribution is -1.96. The van der Waals surface area contributed by atoms with Gasteiger partial charge in [-0.05, 0) is 42.9 Å². The van der Waals surface area contributed by atoms with Gasteiger partial charge in [0.2, 0.25) is 0 Å². The van der Waals surface area contributed by atoms with Gasteiger partial charge in [-0.1, -0.05) is 26.7 Å². The Morgan fingerprint density at radius 3 is 2.74 bits per heavy atom. The van der Waals surface area contributed by atoms with E-state index in [9.17, 15) is 0 Å². The number of fused-ring (bicyclic) bond motifs is 1. The van der Waals surface area contributed by atoms with Gasteiger partial charge in [-0.3, -0.25) is 0 Å². The third-order valence-corrected chi connectivity index (χ3v) is 3.94. The van der Waals surface area contributed by atoms with Crippen LogP contribution in [0.1, 0.15) is 56.9 Å². The Morgan fingerprint density at radius 1 is 1.32 bits per heavy atom. The van der Waals surface area contributed by atoms with Crippen molar-refractivity contribution in [3.05, 3.63) is 23.6 Å². The zero-order chi connectivity index (χ0) is 13.4.